The first-order valence-corrected chi connectivity index (χ1v) is 20.4. The van der Waals surface area contributed by atoms with Gasteiger partial charge in [-0.2, -0.15) is 0 Å². The molecular formula is C39H46FN5O9S. The molecule has 2 aromatic carbocycles. The van der Waals surface area contributed by atoms with E-state index < -0.39 is 80.5 Å². The molecule has 3 aliphatic heterocycles. The molecule has 5 aliphatic rings. The highest BCUT2D eigenvalue weighted by atomic mass is 32.2. The summed E-state index contributed by atoms with van der Waals surface area (Å²) < 4.78 is 53.3. The number of halogens is 1. The monoisotopic (exact) mass is 779 g/mol. The van der Waals surface area contributed by atoms with E-state index in [1.54, 1.807) is 43.5 Å². The number of rotatable bonds is 8. The molecule has 2 saturated carbocycles. The molecule has 294 valence electrons. The smallest absolute Gasteiger partial charge is 0.410 e. The van der Waals surface area contributed by atoms with E-state index in [0.29, 0.717) is 48.1 Å². The molecular weight excluding hydrogens is 734 g/mol. The minimum atomic E-state index is -3.93. The van der Waals surface area contributed by atoms with E-state index in [1.807, 2.05) is 12.2 Å². The van der Waals surface area contributed by atoms with Gasteiger partial charge in [0.25, 0.3) is 5.91 Å². The first kappa shape index (κ1) is 38.3. The summed E-state index contributed by atoms with van der Waals surface area (Å²) in [5, 5.41) is 5.02. The zero-order valence-corrected chi connectivity index (χ0v) is 31.4. The number of amides is 5. The molecule has 3 heterocycles. The fourth-order valence-corrected chi connectivity index (χ4v) is 9.11. The van der Waals surface area contributed by atoms with Crippen LogP contribution in [0.15, 0.2) is 54.6 Å². The molecule has 2 aliphatic carbocycles. The Labute approximate surface area is 319 Å². The first-order valence-electron chi connectivity index (χ1n) is 18.9. The third kappa shape index (κ3) is 8.48. The molecule has 3 N–H and O–H groups in total. The van der Waals surface area contributed by atoms with Crippen molar-refractivity contribution in [1.82, 2.24) is 25.2 Å². The van der Waals surface area contributed by atoms with Crippen LogP contribution in [0, 0.1) is 11.7 Å². The van der Waals surface area contributed by atoms with E-state index in [9.17, 15) is 36.8 Å². The molecule has 5 amide bonds. The molecule has 0 radical (unpaired) electrons. The van der Waals surface area contributed by atoms with Gasteiger partial charge in [-0.05, 0) is 67.9 Å². The Balaban J connectivity index is 1.13. The van der Waals surface area contributed by atoms with Gasteiger partial charge in [0.05, 0.1) is 31.9 Å². The van der Waals surface area contributed by atoms with Crippen LogP contribution in [0.4, 0.5) is 9.18 Å². The average molecular weight is 780 g/mol. The Morgan fingerprint density at radius 3 is 2.53 bits per heavy atom. The molecule has 0 bridgehead atoms. The second-order valence-corrected chi connectivity index (χ2v) is 17.1. The molecule has 1 saturated heterocycles. The van der Waals surface area contributed by atoms with Crippen molar-refractivity contribution >= 4 is 39.7 Å². The van der Waals surface area contributed by atoms with Crippen LogP contribution < -0.4 is 20.1 Å². The van der Waals surface area contributed by atoms with E-state index in [-0.39, 0.29) is 45.3 Å². The Hall–Kier alpha value is -4.99. The van der Waals surface area contributed by atoms with E-state index >= 15 is 0 Å². The van der Waals surface area contributed by atoms with Crippen LogP contribution in [0.3, 0.4) is 0 Å². The van der Waals surface area contributed by atoms with Gasteiger partial charge in [-0.15, -0.1) is 0 Å². The number of ether oxygens (including phenoxy) is 2. The molecule has 55 heavy (non-hydrogen) atoms. The lowest BCUT2D eigenvalue weighted by Gasteiger charge is -2.30. The third-order valence-electron chi connectivity index (χ3n) is 11.2. The lowest BCUT2D eigenvalue weighted by molar-refractivity contribution is -0.142. The average Bonchev–Trinajstić information content (AvgIpc) is 4.04. The van der Waals surface area contributed by atoms with Crippen LogP contribution in [0.5, 0.6) is 5.75 Å². The zero-order chi connectivity index (χ0) is 38.9. The minimum Gasteiger partial charge on any atom is -0.497 e. The molecule has 0 unspecified atom stereocenters. The predicted molar refractivity (Wildman–Crippen MR) is 196 cm³/mol. The van der Waals surface area contributed by atoms with Crippen molar-refractivity contribution in [2.24, 2.45) is 5.92 Å². The van der Waals surface area contributed by atoms with Gasteiger partial charge in [0.15, 0.2) is 0 Å². The Bertz CT molecular complexity index is 1990. The Kier molecular flexibility index (Phi) is 10.9. The maximum atomic E-state index is 14.5. The number of methoxy groups -OCH3 is 1. The highest BCUT2D eigenvalue weighted by molar-refractivity contribution is 7.91. The SMILES string of the molecule is COc1ccc(CC(=O)N[C@H]2CCCCC/C=C\[C@@H]3C[C@@]3(C(=O)NS(=O)(=O)C3CC3)NC(=O)[C@@H]3C[C@@H](OC(=O)N4Cc5cccc(F)c5C4)CN3C2=O)cc1. The van der Waals surface area contributed by atoms with Crippen molar-refractivity contribution in [1.29, 1.82) is 0 Å². The first-order chi connectivity index (χ1) is 26.4. The summed E-state index contributed by atoms with van der Waals surface area (Å²) in [6, 6.07) is 9.36. The van der Waals surface area contributed by atoms with Crippen molar-refractivity contribution in [3.8, 4) is 5.75 Å². The van der Waals surface area contributed by atoms with Gasteiger partial charge in [-0.3, -0.25) is 28.8 Å². The van der Waals surface area contributed by atoms with Crippen LogP contribution in [-0.4, -0.2) is 90.6 Å². The van der Waals surface area contributed by atoms with Crippen molar-refractivity contribution in [2.45, 2.75) is 106 Å². The van der Waals surface area contributed by atoms with Crippen LogP contribution in [0.2, 0.25) is 0 Å². The summed E-state index contributed by atoms with van der Waals surface area (Å²) in [5.41, 5.74) is 0.187. The van der Waals surface area contributed by atoms with Gasteiger partial charge < -0.3 is 25.0 Å². The number of nitrogens with zero attached hydrogens (tertiary/aromatic N) is 2. The summed E-state index contributed by atoms with van der Waals surface area (Å²) in [4.78, 5) is 71.8. The number of carbonyl (C=O) groups is 5. The quantitative estimate of drug-likeness (QED) is 0.340. The summed E-state index contributed by atoms with van der Waals surface area (Å²) in [7, 11) is -2.38. The molecule has 0 aromatic heterocycles. The van der Waals surface area contributed by atoms with E-state index in [0.717, 1.165) is 12.8 Å². The number of benzene rings is 2. The second-order valence-electron chi connectivity index (χ2n) is 15.1. The maximum absolute atomic E-state index is 14.5. The predicted octanol–water partition coefficient (Wildman–Crippen LogP) is 2.99. The highest BCUT2D eigenvalue weighted by Gasteiger charge is 2.62. The van der Waals surface area contributed by atoms with Crippen LogP contribution in [0.25, 0.3) is 0 Å². The van der Waals surface area contributed by atoms with Crippen molar-refractivity contribution in [2.75, 3.05) is 13.7 Å². The molecule has 14 nitrogen and oxygen atoms in total. The van der Waals surface area contributed by atoms with Crippen molar-refractivity contribution < 1.29 is 46.3 Å². The lowest BCUT2D eigenvalue weighted by Crippen LogP contribution is -2.58. The van der Waals surface area contributed by atoms with Crippen LogP contribution in [-0.2, 0) is 53.4 Å². The Morgan fingerprint density at radius 1 is 1.02 bits per heavy atom. The molecule has 16 heteroatoms. The lowest BCUT2D eigenvalue weighted by atomic mass is 10.0. The zero-order valence-electron chi connectivity index (χ0n) is 30.6. The van der Waals surface area contributed by atoms with Crippen molar-refractivity contribution in [3.05, 3.63) is 77.1 Å². The number of hydrogen-bond donors (Lipinski definition) is 3. The van der Waals surface area contributed by atoms with Gasteiger partial charge in [0, 0.05) is 24.4 Å². The summed E-state index contributed by atoms with van der Waals surface area (Å²) in [6.45, 7) is -0.0518. The number of hydrogen-bond acceptors (Lipinski definition) is 9. The summed E-state index contributed by atoms with van der Waals surface area (Å²) in [6.07, 6.45) is 6.02. The normalized spacial score (nSPS) is 27.3. The minimum absolute atomic E-state index is 0.00127. The number of fused-ring (bicyclic) bond motifs is 3. The van der Waals surface area contributed by atoms with Gasteiger partial charge in [-0.25, -0.2) is 17.6 Å². The molecule has 2 aromatic rings. The van der Waals surface area contributed by atoms with Crippen molar-refractivity contribution in [3.63, 3.8) is 0 Å². The topological polar surface area (TPSA) is 181 Å². The standard InChI is InChI=1S/C39H46FN5O9S/c1-53-27-14-12-24(13-15-27)18-34(46)41-32-11-6-4-2-3-5-9-26-20-39(26,37(49)43-55(51,52)29-16-17-29)42-35(47)33-19-28(22-45(33)36(32)48)54-38(50)44-21-25-8-7-10-31(40)30(25)23-44/h5,7-10,12-15,26,28-29,32-33H,2-4,6,11,16-23H2,1H3,(H,41,46)(H,42,47)(H,43,49)/b9-5-/t26-,28-,32+,33+,39-/m1/s1. The van der Waals surface area contributed by atoms with E-state index in [4.69, 9.17) is 9.47 Å². The second kappa shape index (κ2) is 15.6. The van der Waals surface area contributed by atoms with Gasteiger partial charge in [0.2, 0.25) is 27.7 Å². The largest absolute Gasteiger partial charge is 0.497 e. The van der Waals surface area contributed by atoms with Gasteiger partial charge in [0.1, 0.15) is 35.3 Å². The number of nitrogens with one attached hydrogen (secondary N) is 3. The van der Waals surface area contributed by atoms with Gasteiger partial charge in [-0.1, -0.05) is 49.3 Å². The maximum Gasteiger partial charge on any atom is 0.410 e. The number of carbonyl (C=O) groups excluding carboxylic acids is 5. The summed E-state index contributed by atoms with van der Waals surface area (Å²) in [5.74, 6) is -2.78. The fraction of sp³-hybridized carbons (Fsp3) is 0.513. The van der Waals surface area contributed by atoms with Crippen LogP contribution in [0.1, 0.15) is 74.5 Å². The molecule has 0 spiro atoms. The van der Waals surface area contributed by atoms with Gasteiger partial charge >= 0.3 is 6.09 Å². The summed E-state index contributed by atoms with van der Waals surface area (Å²) >= 11 is 0. The number of allylic oxidation sites excluding steroid dienone is 1. The van der Waals surface area contributed by atoms with E-state index in [2.05, 4.69) is 15.4 Å². The molecule has 7 rings (SSSR count). The Morgan fingerprint density at radius 2 is 1.80 bits per heavy atom. The van der Waals surface area contributed by atoms with Crippen LogP contribution >= 0.6 is 0 Å². The molecule has 3 fully saturated rings. The fourth-order valence-electron chi connectivity index (χ4n) is 7.75. The third-order valence-corrected chi connectivity index (χ3v) is 13.0. The molecule has 5 atom stereocenters. The highest BCUT2D eigenvalue weighted by Crippen LogP contribution is 2.46. The van der Waals surface area contributed by atoms with E-state index in [1.165, 1.54) is 15.9 Å². The number of sulfonamides is 1.